The van der Waals surface area contributed by atoms with Crippen LogP contribution in [-0.2, 0) is 0 Å². The van der Waals surface area contributed by atoms with Gasteiger partial charge in [-0.25, -0.2) is 24.6 Å². The van der Waals surface area contributed by atoms with Gasteiger partial charge in [0.25, 0.3) is 6.43 Å². The first-order chi connectivity index (χ1) is 7.56. The fourth-order valence-corrected chi connectivity index (χ4v) is 1.37. The maximum absolute atomic E-state index is 12.1. The summed E-state index contributed by atoms with van der Waals surface area (Å²) in [6, 6.07) is 0. The van der Waals surface area contributed by atoms with Crippen LogP contribution >= 0.6 is 0 Å². The summed E-state index contributed by atoms with van der Waals surface area (Å²) in [5.41, 5.74) is 3.13. The number of nitrogen functional groups attached to an aromatic ring is 1. The predicted octanol–water partition coefficient (Wildman–Crippen LogP) is 1.56. The van der Waals surface area contributed by atoms with E-state index in [0.29, 0.717) is 17.2 Å². The molecule has 4 N–H and O–H groups in total. The molecule has 0 aromatic carbocycles. The highest BCUT2D eigenvalue weighted by Gasteiger charge is 2.15. The van der Waals surface area contributed by atoms with Gasteiger partial charge < -0.3 is 10.7 Å². The van der Waals surface area contributed by atoms with Gasteiger partial charge in [-0.05, 0) is 5.92 Å². The molecule has 0 aliphatic heterocycles. The largest absolute Gasteiger partial charge is 0.364 e. The van der Waals surface area contributed by atoms with E-state index >= 15 is 0 Å². The van der Waals surface area contributed by atoms with Crippen LogP contribution in [0, 0.1) is 0 Å². The van der Waals surface area contributed by atoms with Crippen molar-refractivity contribution >= 4 is 11.6 Å². The van der Waals surface area contributed by atoms with Gasteiger partial charge in [-0.1, -0.05) is 13.8 Å². The lowest BCUT2D eigenvalue weighted by molar-refractivity contribution is 0.163. The average molecular weight is 231 g/mol. The number of nitrogens with zero attached hydrogens (tertiary/aromatic N) is 2. The van der Waals surface area contributed by atoms with Gasteiger partial charge in [0.2, 0.25) is 0 Å². The molecule has 1 aromatic heterocycles. The Morgan fingerprint density at radius 3 is 2.44 bits per heavy atom. The van der Waals surface area contributed by atoms with E-state index in [2.05, 4.69) is 20.7 Å². The second-order valence-corrected chi connectivity index (χ2v) is 3.56. The second-order valence-electron chi connectivity index (χ2n) is 3.56. The van der Waals surface area contributed by atoms with Gasteiger partial charge in [0.05, 0.1) is 6.54 Å². The molecule has 16 heavy (non-hydrogen) atoms. The molecule has 7 heteroatoms. The zero-order valence-electron chi connectivity index (χ0n) is 9.17. The summed E-state index contributed by atoms with van der Waals surface area (Å²) in [5, 5.41) is 2.57. The number of hydrogen-bond donors (Lipinski definition) is 3. The number of alkyl halides is 2. The number of rotatable bonds is 5. The summed E-state index contributed by atoms with van der Waals surface area (Å²) in [7, 11) is 0. The van der Waals surface area contributed by atoms with E-state index in [9.17, 15) is 8.78 Å². The zero-order chi connectivity index (χ0) is 12.1. The molecule has 90 valence electrons. The van der Waals surface area contributed by atoms with Gasteiger partial charge in [0.15, 0.2) is 0 Å². The monoisotopic (exact) mass is 231 g/mol. The number of anilines is 2. The topological polar surface area (TPSA) is 75.9 Å². The average Bonchev–Trinajstić information content (AvgIpc) is 2.25. The molecule has 0 amide bonds. The van der Waals surface area contributed by atoms with Crippen LogP contribution in [0.5, 0.6) is 0 Å². The first-order valence-corrected chi connectivity index (χ1v) is 4.89. The van der Waals surface area contributed by atoms with E-state index in [-0.39, 0.29) is 5.92 Å². The minimum atomic E-state index is -2.43. The third kappa shape index (κ3) is 2.99. The summed E-state index contributed by atoms with van der Waals surface area (Å²) in [5.74, 6) is 6.21. The Kier molecular flexibility index (Phi) is 4.36. The second kappa shape index (κ2) is 5.55. The van der Waals surface area contributed by atoms with Crippen LogP contribution in [-0.4, -0.2) is 22.9 Å². The summed E-state index contributed by atoms with van der Waals surface area (Å²) in [6.45, 7) is 3.38. The lowest BCUT2D eigenvalue weighted by Crippen LogP contribution is -2.17. The van der Waals surface area contributed by atoms with E-state index in [1.54, 1.807) is 0 Å². The molecule has 0 saturated carbocycles. The van der Waals surface area contributed by atoms with Gasteiger partial charge in [-0.2, -0.15) is 0 Å². The Bertz CT molecular complexity index is 343. The lowest BCUT2D eigenvalue weighted by Gasteiger charge is -2.16. The fraction of sp³-hybridized carbons (Fsp3) is 0.556. The van der Waals surface area contributed by atoms with Crippen LogP contribution in [0.1, 0.15) is 25.3 Å². The quantitative estimate of drug-likeness (QED) is 0.529. The summed E-state index contributed by atoms with van der Waals surface area (Å²) < 4.78 is 24.2. The molecule has 0 radical (unpaired) electrons. The number of hydrogen-bond acceptors (Lipinski definition) is 5. The van der Waals surface area contributed by atoms with Crippen molar-refractivity contribution in [2.45, 2.75) is 26.2 Å². The first kappa shape index (κ1) is 12.6. The number of hydrazine groups is 1. The van der Waals surface area contributed by atoms with Crippen molar-refractivity contribution < 1.29 is 8.78 Å². The molecule has 0 aliphatic carbocycles. The summed E-state index contributed by atoms with van der Waals surface area (Å²) >= 11 is 0. The smallest absolute Gasteiger partial charge is 0.255 e. The molecule has 0 bridgehead atoms. The van der Waals surface area contributed by atoms with Gasteiger partial charge in [-0.3, -0.25) is 0 Å². The standard InChI is InChI=1S/C9H15F2N5/c1-5(2)7-8(13-3-6(10)11)14-4-15-9(7)16-12/h4-6H,3,12H2,1-2H3,(H2,13,14,15,16). The minimum absolute atomic E-state index is 0.0763. The molecule has 1 aromatic rings. The molecule has 0 spiro atoms. The molecule has 0 fully saturated rings. The number of nitrogens with two attached hydrogens (primary N) is 1. The molecular formula is C9H15F2N5. The fourth-order valence-electron chi connectivity index (χ4n) is 1.37. The minimum Gasteiger partial charge on any atom is -0.364 e. The number of aromatic nitrogens is 2. The third-order valence-corrected chi connectivity index (χ3v) is 2.02. The summed E-state index contributed by atoms with van der Waals surface area (Å²) in [4.78, 5) is 7.86. The van der Waals surface area contributed by atoms with Gasteiger partial charge >= 0.3 is 0 Å². The molecule has 1 heterocycles. The van der Waals surface area contributed by atoms with Gasteiger partial charge in [0, 0.05) is 5.56 Å². The molecule has 0 atom stereocenters. The highest BCUT2D eigenvalue weighted by atomic mass is 19.3. The number of nitrogens with one attached hydrogen (secondary N) is 2. The van der Waals surface area contributed by atoms with E-state index in [0.717, 1.165) is 0 Å². The Morgan fingerprint density at radius 2 is 1.94 bits per heavy atom. The Balaban J connectivity index is 2.97. The van der Waals surface area contributed by atoms with Gasteiger partial charge in [0.1, 0.15) is 18.0 Å². The Labute approximate surface area is 92.4 Å². The normalized spacial score (nSPS) is 10.9. The summed E-state index contributed by atoms with van der Waals surface area (Å²) in [6.07, 6.45) is -1.15. The van der Waals surface area contributed by atoms with E-state index in [4.69, 9.17) is 5.84 Å². The van der Waals surface area contributed by atoms with Crippen LogP contribution < -0.4 is 16.6 Å². The van der Waals surface area contributed by atoms with Crippen molar-refractivity contribution in [2.75, 3.05) is 17.3 Å². The molecule has 0 saturated heterocycles. The predicted molar refractivity (Wildman–Crippen MR) is 58.4 cm³/mol. The third-order valence-electron chi connectivity index (χ3n) is 2.02. The molecular weight excluding hydrogens is 216 g/mol. The van der Waals surface area contributed by atoms with Crippen molar-refractivity contribution in [2.24, 2.45) is 5.84 Å². The molecule has 0 unspecified atom stereocenters. The van der Waals surface area contributed by atoms with Crippen LogP contribution in [0.4, 0.5) is 20.4 Å². The highest BCUT2D eigenvalue weighted by Crippen LogP contribution is 2.27. The van der Waals surface area contributed by atoms with E-state index in [1.807, 2.05) is 13.8 Å². The van der Waals surface area contributed by atoms with Crippen LogP contribution in [0.25, 0.3) is 0 Å². The molecule has 1 rings (SSSR count). The van der Waals surface area contributed by atoms with Crippen LogP contribution in [0.3, 0.4) is 0 Å². The van der Waals surface area contributed by atoms with Crippen LogP contribution in [0.15, 0.2) is 6.33 Å². The maximum atomic E-state index is 12.1. The van der Waals surface area contributed by atoms with Gasteiger partial charge in [-0.15, -0.1) is 0 Å². The Morgan fingerprint density at radius 1 is 1.31 bits per heavy atom. The van der Waals surface area contributed by atoms with Crippen molar-refractivity contribution in [1.29, 1.82) is 0 Å². The molecule has 0 aliphatic rings. The highest BCUT2D eigenvalue weighted by molar-refractivity contribution is 5.58. The zero-order valence-corrected chi connectivity index (χ0v) is 9.17. The van der Waals surface area contributed by atoms with Crippen molar-refractivity contribution in [3.63, 3.8) is 0 Å². The first-order valence-electron chi connectivity index (χ1n) is 4.89. The van der Waals surface area contributed by atoms with E-state index in [1.165, 1.54) is 6.33 Å². The molecule has 5 nitrogen and oxygen atoms in total. The lowest BCUT2D eigenvalue weighted by atomic mass is 10.0. The van der Waals surface area contributed by atoms with Crippen molar-refractivity contribution in [3.8, 4) is 0 Å². The number of halogens is 2. The Hall–Kier alpha value is -1.50. The van der Waals surface area contributed by atoms with E-state index < -0.39 is 13.0 Å². The van der Waals surface area contributed by atoms with Crippen LogP contribution in [0.2, 0.25) is 0 Å². The maximum Gasteiger partial charge on any atom is 0.255 e. The van der Waals surface area contributed by atoms with Crippen molar-refractivity contribution in [3.05, 3.63) is 11.9 Å². The SMILES string of the molecule is CC(C)c1c(NN)ncnc1NCC(F)F. The van der Waals surface area contributed by atoms with Crippen molar-refractivity contribution in [1.82, 2.24) is 9.97 Å².